The van der Waals surface area contributed by atoms with Crippen molar-refractivity contribution in [3.05, 3.63) is 40.1 Å². The summed E-state index contributed by atoms with van der Waals surface area (Å²) in [6, 6.07) is 4.46. The molecule has 0 heterocycles. The number of phenols is 1. The van der Waals surface area contributed by atoms with E-state index in [1.807, 2.05) is 0 Å². The topological polar surface area (TPSA) is 98.9 Å². The van der Waals surface area contributed by atoms with Crippen LogP contribution >= 0.6 is 0 Å². The van der Waals surface area contributed by atoms with Gasteiger partial charge in [0.1, 0.15) is 0 Å². The molecular weight excluding hydrogens is 278 g/mol. The number of methoxy groups -OCH3 is 1. The van der Waals surface area contributed by atoms with Gasteiger partial charge in [-0.25, -0.2) is 0 Å². The maximum absolute atomic E-state index is 10.9. The fourth-order valence-corrected chi connectivity index (χ4v) is 1.55. The van der Waals surface area contributed by atoms with E-state index >= 15 is 0 Å². The summed E-state index contributed by atoms with van der Waals surface area (Å²) in [5.74, 6) is -0.0652. The molecule has 0 atom stereocenters. The lowest BCUT2D eigenvalue weighted by Crippen LogP contribution is -2.02. The Balaban J connectivity index is 2.48. The second-order valence-corrected chi connectivity index (χ2v) is 4.21. The third kappa shape index (κ3) is 6.42. The zero-order chi connectivity index (χ0) is 15.7. The molecule has 0 fully saturated rings. The third-order valence-corrected chi connectivity index (χ3v) is 2.63. The number of unbranched alkanes of at least 4 members (excludes halogenated alkanes) is 1. The van der Waals surface area contributed by atoms with Crippen LogP contribution in [0, 0.1) is 10.1 Å². The van der Waals surface area contributed by atoms with E-state index in [-0.39, 0.29) is 17.5 Å². The van der Waals surface area contributed by atoms with Gasteiger partial charge in [-0.1, -0.05) is 6.07 Å². The van der Waals surface area contributed by atoms with Crippen LogP contribution in [-0.2, 0) is 9.53 Å². The van der Waals surface area contributed by atoms with Gasteiger partial charge in [0.15, 0.2) is 11.5 Å². The summed E-state index contributed by atoms with van der Waals surface area (Å²) in [4.78, 5) is 20.6. The molecule has 0 aliphatic rings. The summed E-state index contributed by atoms with van der Waals surface area (Å²) in [5.41, 5.74) is 0.550. The van der Waals surface area contributed by atoms with E-state index in [1.54, 1.807) is 6.07 Å². The minimum absolute atomic E-state index is 0.0405. The molecular formula is C14H17NO6. The van der Waals surface area contributed by atoms with E-state index < -0.39 is 4.92 Å². The summed E-state index contributed by atoms with van der Waals surface area (Å²) in [6.45, 7) is 0.326. The van der Waals surface area contributed by atoms with E-state index in [1.165, 1.54) is 25.3 Å². The van der Waals surface area contributed by atoms with Gasteiger partial charge in [0.2, 0.25) is 6.20 Å². The maximum atomic E-state index is 10.9. The Labute approximate surface area is 121 Å². The van der Waals surface area contributed by atoms with Gasteiger partial charge >= 0.3 is 5.97 Å². The van der Waals surface area contributed by atoms with Crippen LogP contribution in [0.4, 0.5) is 0 Å². The number of aromatic hydroxyl groups is 1. The van der Waals surface area contributed by atoms with Crippen LogP contribution in [0.2, 0.25) is 0 Å². The quantitative estimate of drug-likeness (QED) is 0.342. The number of nitrogens with zero attached hydrogens (tertiary/aromatic N) is 1. The number of carbonyl (C=O) groups is 1. The highest BCUT2D eigenvalue weighted by molar-refractivity contribution is 5.68. The number of hydrogen-bond acceptors (Lipinski definition) is 6. The van der Waals surface area contributed by atoms with Gasteiger partial charge in [-0.2, -0.15) is 0 Å². The van der Waals surface area contributed by atoms with Crippen molar-refractivity contribution >= 4 is 12.0 Å². The molecule has 1 aromatic rings. The Morgan fingerprint density at radius 3 is 2.86 bits per heavy atom. The predicted octanol–water partition coefficient (Wildman–Crippen LogP) is 2.36. The molecule has 0 spiro atoms. The molecule has 0 bridgehead atoms. The van der Waals surface area contributed by atoms with Gasteiger partial charge in [0.05, 0.1) is 18.6 Å². The van der Waals surface area contributed by atoms with Gasteiger partial charge < -0.3 is 14.6 Å². The second kappa shape index (κ2) is 8.57. The van der Waals surface area contributed by atoms with Crippen molar-refractivity contribution in [3.63, 3.8) is 0 Å². The van der Waals surface area contributed by atoms with Gasteiger partial charge in [0.25, 0.3) is 0 Å². The number of ether oxygens (including phenoxy) is 2. The summed E-state index contributed by atoms with van der Waals surface area (Å²) < 4.78 is 9.91. The van der Waals surface area contributed by atoms with Crippen LogP contribution in [-0.4, -0.2) is 29.7 Å². The average molecular weight is 295 g/mol. The zero-order valence-electron chi connectivity index (χ0n) is 11.7. The van der Waals surface area contributed by atoms with Crippen LogP contribution in [0.5, 0.6) is 11.5 Å². The number of benzene rings is 1. The molecule has 0 saturated carbocycles. The third-order valence-electron chi connectivity index (χ3n) is 2.63. The van der Waals surface area contributed by atoms with Gasteiger partial charge in [-0.3, -0.25) is 14.9 Å². The average Bonchev–Trinajstić information content (AvgIpc) is 2.46. The van der Waals surface area contributed by atoms with Crippen LogP contribution in [0.1, 0.15) is 24.8 Å². The molecule has 7 heteroatoms. The molecule has 1 rings (SSSR count). The van der Waals surface area contributed by atoms with Crippen molar-refractivity contribution in [3.8, 4) is 11.5 Å². The Morgan fingerprint density at radius 1 is 1.43 bits per heavy atom. The molecule has 0 radical (unpaired) electrons. The van der Waals surface area contributed by atoms with Crippen molar-refractivity contribution in [2.24, 2.45) is 0 Å². The van der Waals surface area contributed by atoms with Gasteiger partial charge in [0, 0.05) is 12.5 Å². The molecule has 0 amide bonds. The first-order chi connectivity index (χ1) is 10.0. The molecule has 0 saturated heterocycles. The van der Waals surface area contributed by atoms with Crippen molar-refractivity contribution in [2.45, 2.75) is 19.3 Å². The normalized spacial score (nSPS) is 10.5. The van der Waals surface area contributed by atoms with Crippen LogP contribution in [0.3, 0.4) is 0 Å². The second-order valence-electron chi connectivity index (χ2n) is 4.21. The monoisotopic (exact) mass is 295 g/mol. The first-order valence-corrected chi connectivity index (χ1v) is 6.37. The SMILES string of the molecule is COC(=O)CCCCOc1cc(/C=C/[N+](=O)[O-])ccc1O. The molecule has 21 heavy (non-hydrogen) atoms. The Morgan fingerprint density at radius 2 is 2.19 bits per heavy atom. The first-order valence-electron chi connectivity index (χ1n) is 6.37. The number of nitro groups is 1. The van der Waals surface area contributed by atoms with Crippen molar-refractivity contribution in [2.75, 3.05) is 13.7 Å². The molecule has 0 aromatic heterocycles. The lowest BCUT2D eigenvalue weighted by Gasteiger charge is -2.08. The Bertz CT molecular complexity index is 526. The molecule has 1 aromatic carbocycles. The van der Waals surface area contributed by atoms with E-state index in [9.17, 15) is 20.0 Å². The standard InChI is InChI=1S/C14H17NO6/c1-20-14(17)4-2-3-9-21-13-10-11(5-6-12(13)16)7-8-15(18)19/h5-8,10,16H,2-4,9H2,1H3/b8-7+. The fourth-order valence-electron chi connectivity index (χ4n) is 1.55. The summed E-state index contributed by atoms with van der Waals surface area (Å²) in [5, 5.41) is 19.9. The Hall–Kier alpha value is -2.57. The van der Waals surface area contributed by atoms with Crippen LogP contribution < -0.4 is 4.74 Å². The summed E-state index contributed by atoms with van der Waals surface area (Å²) in [7, 11) is 1.33. The van der Waals surface area contributed by atoms with Gasteiger partial charge in [-0.15, -0.1) is 0 Å². The van der Waals surface area contributed by atoms with E-state index in [4.69, 9.17) is 4.74 Å². The summed E-state index contributed by atoms with van der Waals surface area (Å²) in [6.07, 6.45) is 3.69. The number of esters is 1. The number of phenolic OH excluding ortho intramolecular Hbond substituents is 1. The molecule has 0 unspecified atom stereocenters. The number of rotatable bonds is 8. The molecule has 0 aliphatic carbocycles. The number of carbonyl (C=O) groups excluding carboxylic acids is 1. The summed E-state index contributed by atoms with van der Waals surface area (Å²) >= 11 is 0. The van der Waals surface area contributed by atoms with Crippen molar-refractivity contribution in [1.82, 2.24) is 0 Å². The largest absolute Gasteiger partial charge is 0.504 e. The smallest absolute Gasteiger partial charge is 0.305 e. The van der Waals surface area contributed by atoms with E-state index in [0.29, 0.717) is 31.4 Å². The lowest BCUT2D eigenvalue weighted by molar-refractivity contribution is -0.400. The highest BCUT2D eigenvalue weighted by atomic mass is 16.6. The predicted molar refractivity (Wildman–Crippen MR) is 75.5 cm³/mol. The van der Waals surface area contributed by atoms with Crippen molar-refractivity contribution in [1.29, 1.82) is 0 Å². The Kier molecular flexibility index (Phi) is 6.73. The van der Waals surface area contributed by atoms with Crippen LogP contribution in [0.15, 0.2) is 24.4 Å². The fraction of sp³-hybridized carbons (Fsp3) is 0.357. The lowest BCUT2D eigenvalue weighted by atomic mass is 10.2. The highest BCUT2D eigenvalue weighted by Crippen LogP contribution is 2.27. The molecule has 7 nitrogen and oxygen atoms in total. The minimum atomic E-state index is -0.569. The van der Waals surface area contributed by atoms with Crippen LogP contribution in [0.25, 0.3) is 6.08 Å². The molecule has 114 valence electrons. The van der Waals surface area contributed by atoms with E-state index in [2.05, 4.69) is 4.74 Å². The highest BCUT2D eigenvalue weighted by Gasteiger charge is 2.04. The van der Waals surface area contributed by atoms with Crippen molar-refractivity contribution < 1.29 is 24.3 Å². The van der Waals surface area contributed by atoms with E-state index in [0.717, 1.165) is 6.20 Å². The van der Waals surface area contributed by atoms with Gasteiger partial charge in [-0.05, 0) is 30.5 Å². The first kappa shape index (κ1) is 16.5. The molecule has 0 aliphatic heterocycles. The zero-order valence-corrected chi connectivity index (χ0v) is 11.7. The maximum Gasteiger partial charge on any atom is 0.305 e. The number of hydrogen-bond donors (Lipinski definition) is 1. The minimum Gasteiger partial charge on any atom is -0.504 e. The molecule has 1 N–H and O–H groups in total.